The van der Waals surface area contributed by atoms with Crippen LogP contribution >= 0.6 is 0 Å². The lowest BCUT2D eigenvalue weighted by atomic mass is 10.3. The lowest BCUT2D eigenvalue weighted by Gasteiger charge is -2.07. The van der Waals surface area contributed by atoms with E-state index in [0.717, 1.165) is 0 Å². The fraction of sp³-hybridized carbons (Fsp3) is 0.273. The number of nitrogens with two attached hydrogens (primary N) is 1. The largest absolute Gasteiger partial charge is 0.486 e. The molecule has 0 aliphatic heterocycles. The molecule has 19 heavy (non-hydrogen) atoms. The van der Waals surface area contributed by atoms with Gasteiger partial charge < -0.3 is 4.74 Å². The standard InChI is InChI=1S/C11H14N4O3S/c1-2-15-11(13-8-14-15)7-18-9-3-5-10(6-4-9)19(12,16)17/h3-6,8H,2,7H2,1H3,(H2,12,16,17). The second kappa shape index (κ2) is 5.37. The summed E-state index contributed by atoms with van der Waals surface area (Å²) in [5.41, 5.74) is 0. The van der Waals surface area contributed by atoms with E-state index < -0.39 is 10.0 Å². The Balaban J connectivity index is 2.05. The Morgan fingerprint density at radius 2 is 2.00 bits per heavy atom. The molecule has 0 spiro atoms. The smallest absolute Gasteiger partial charge is 0.238 e. The van der Waals surface area contributed by atoms with Gasteiger partial charge in [-0.05, 0) is 31.2 Å². The minimum atomic E-state index is -3.67. The van der Waals surface area contributed by atoms with E-state index in [9.17, 15) is 8.42 Å². The fourth-order valence-corrected chi connectivity index (χ4v) is 2.05. The highest BCUT2D eigenvalue weighted by Crippen LogP contribution is 2.15. The molecule has 8 heteroatoms. The maximum atomic E-state index is 11.1. The minimum Gasteiger partial charge on any atom is -0.486 e. The summed E-state index contributed by atoms with van der Waals surface area (Å²) in [7, 11) is -3.67. The van der Waals surface area contributed by atoms with Gasteiger partial charge in [0.05, 0.1) is 4.90 Å². The number of rotatable bonds is 5. The lowest BCUT2D eigenvalue weighted by molar-refractivity contribution is 0.287. The van der Waals surface area contributed by atoms with E-state index in [4.69, 9.17) is 9.88 Å². The zero-order valence-corrected chi connectivity index (χ0v) is 11.2. The quantitative estimate of drug-likeness (QED) is 0.862. The van der Waals surface area contributed by atoms with Crippen LogP contribution in [0.4, 0.5) is 0 Å². The van der Waals surface area contributed by atoms with Crippen molar-refractivity contribution in [2.24, 2.45) is 5.14 Å². The summed E-state index contributed by atoms with van der Waals surface area (Å²) < 4.78 is 29.4. The molecule has 0 fully saturated rings. The van der Waals surface area contributed by atoms with E-state index >= 15 is 0 Å². The van der Waals surface area contributed by atoms with Crippen molar-refractivity contribution >= 4 is 10.0 Å². The molecule has 0 radical (unpaired) electrons. The highest BCUT2D eigenvalue weighted by atomic mass is 32.2. The predicted molar refractivity (Wildman–Crippen MR) is 67.8 cm³/mol. The van der Waals surface area contributed by atoms with Crippen LogP contribution in [0.5, 0.6) is 5.75 Å². The van der Waals surface area contributed by atoms with Crippen LogP contribution in [-0.4, -0.2) is 23.2 Å². The SMILES string of the molecule is CCn1ncnc1COc1ccc(S(N)(=O)=O)cc1. The summed E-state index contributed by atoms with van der Waals surface area (Å²) in [6.07, 6.45) is 1.46. The first-order valence-corrected chi connectivity index (χ1v) is 7.17. The molecule has 1 heterocycles. The number of hydrogen-bond acceptors (Lipinski definition) is 5. The average Bonchev–Trinajstić information content (AvgIpc) is 2.83. The number of aryl methyl sites for hydroxylation is 1. The van der Waals surface area contributed by atoms with Crippen LogP contribution in [0.3, 0.4) is 0 Å². The lowest BCUT2D eigenvalue weighted by Crippen LogP contribution is -2.12. The summed E-state index contributed by atoms with van der Waals surface area (Å²) in [5.74, 6) is 1.25. The summed E-state index contributed by atoms with van der Waals surface area (Å²) in [6, 6.07) is 5.89. The van der Waals surface area contributed by atoms with E-state index in [-0.39, 0.29) is 11.5 Å². The third kappa shape index (κ3) is 3.30. The Bertz CT molecular complexity index is 649. The van der Waals surface area contributed by atoms with Gasteiger partial charge in [0, 0.05) is 6.54 Å². The van der Waals surface area contributed by atoms with E-state index in [1.807, 2.05) is 6.92 Å². The number of sulfonamides is 1. The van der Waals surface area contributed by atoms with Crippen molar-refractivity contribution in [2.45, 2.75) is 25.0 Å². The first kappa shape index (κ1) is 13.5. The maximum Gasteiger partial charge on any atom is 0.238 e. The van der Waals surface area contributed by atoms with Gasteiger partial charge in [0.15, 0.2) is 5.82 Å². The summed E-state index contributed by atoms with van der Waals surface area (Å²) in [5, 5.41) is 9.03. The van der Waals surface area contributed by atoms with Crippen LogP contribution < -0.4 is 9.88 Å². The molecule has 0 amide bonds. The molecule has 0 aliphatic rings. The van der Waals surface area contributed by atoms with Crippen molar-refractivity contribution in [3.05, 3.63) is 36.4 Å². The van der Waals surface area contributed by atoms with Gasteiger partial charge in [0.25, 0.3) is 0 Å². The third-order valence-electron chi connectivity index (χ3n) is 2.52. The molecular weight excluding hydrogens is 268 g/mol. The Kier molecular flexibility index (Phi) is 3.82. The fourth-order valence-electron chi connectivity index (χ4n) is 1.54. The van der Waals surface area contributed by atoms with Crippen molar-refractivity contribution in [1.29, 1.82) is 0 Å². The topological polar surface area (TPSA) is 100 Å². The van der Waals surface area contributed by atoms with E-state index in [0.29, 0.717) is 18.1 Å². The molecule has 0 bridgehead atoms. The Morgan fingerprint density at radius 1 is 1.32 bits per heavy atom. The Hall–Kier alpha value is -1.93. The molecule has 2 N–H and O–H groups in total. The second-order valence-electron chi connectivity index (χ2n) is 3.80. The van der Waals surface area contributed by atoms with Gasteiger partial charge in [-0.3, -0.25) is 0 Å². The van der Waals surface area contributed by atoms with Crippen LogP contribution in [0.1, 0.15) is 12.7 Å². The molecule has 0 aliphatic carbocycles. The van der Waals surface area contributed by atoms with Gasteiger partial charge in [-0.25, -0.2) is 23.2 Å². The van der Waals surface area contributed by atoms with Crippen molar-refractivity contribution in [2.75, 3.05) is 0 Å². The molecular formula is C11H14N4O3S. The van der Waals surface area contributed by atoms with Gasteiger partial charge in [-0.15, -0.1) is 0 Å². The molecule has 0 saturated carbocycles. The number of hydrogen-bond donors (Lipinski definition) is 1. The molecule has 0 atom stereocenters. The summed E-state index contributed by atoms with van der Waals surface area (Å²) >= 11 is 0. The summed E-state index contributed by atoms with van der Waals surface area (Å²) in [4.78, 5) is 4.12. The van der Waals surface area contributed by atoms with Crippen molar-refractivity contribution in [3.63, 3.8) is 0 Å². The first-order chi connectivity index (χ1) is 9.00. The minimum absolute atomic E-state index is 0.0524. The third-order valence-corrected chi connectivity index (χ3v) is 3.44. The number of nitrogens with zero attached hydrogens (tertiary/aromatic N) is 3. The van der Waals surface area contributed by atoms with Crippen LogP contribution in [0.25, 0.3) is 0 Å². The Morgan fingerprint density at radius 3 is 2.58 bits per heavy atom. The molecule has 0 saturated heterocycles. The number of benzene rings is 1. The zero-order chi connectivity index (χ0) is 13.9. The first-order valence-electron chi connectivity index (χ1n) is 5.63. The molecule has 2 aromatic rings. The van der Waals surface area contributed by atoms with Crippen molar-refractivity contribution in [3.8, 4) is 5.75 Å². The Labute approximate surface area is 111 Å². The molecule has 1 aromatic carbocycles. The predicted octanol–water partition coefficient (Wildman–Crippen LogP) is 0.524. The normalized spacial score (nSPS) is 11.5. The van der Waals surface area contributed by atoms with Gasteiger partial charge in [-0.2, -0.15) is 5.10 Å². The van der Waals surface area contributed by atoms with Crippen molar-refractivity contribution < 1.29 is 13.2 Å². The number of aromatic nitrogens is 3. The summed E-state index contributed by atoms with van der Waals surface area (Å²) in [6.45, 7) is 2.94. The highest BCUT2D eigenvalue weighted by molar-refractivity contribution is 7.89. The van der Waals surface area contributed by atoms with Crippen molar-refractivity contribution in [1.82, 2.24) is 14.8 Å². The average molecular weight is 282 g/mol. The van der Waals surface area contributed by atoms with E-state index in [1.54, 1.807) is 16.8 Å². The van der Waals surface area contributed by atoms with Gasteiger partial charge in [0.2, 0.25) is 10.0 Å². The zero-order valence-electron chi connectivity index (χ0n) is 10.4. The highest BCUT2D eigenvalue weighted by Gasteiger charge is 2.08. The number of primary sulfonamides is 1. The van der Waals surface area contributed by atoms with Crippen LogP contribution in [0.2, 0.25) is 0 Å². The van der Waals surface area contributed by atoms with Gasteiger partial charge in [0.1, 0.15) is 18.7 Å². The van der Waals surface area contributed by atoms with Crippen LogP contribution in [-0.2, 0) is 23.2 Å². The molecule has 0 unspecified atom stereocenters. The van der Waals surface area contributed by atoms with Gasteiger partial charge in [-0.1, -0.05) is 0 Å². The molecule has 7 nitrogen and oxygen atoms in total. The van der Waals surface area contributed by atoms with E-state index in [2.05, 4.69) is 10.1 Å². The molecule has 2 rings (SSSR count). The van der Waals surface area contributed by atoms with Crippen LogP contribution in [0.15, 0.2) is 35.5 Å². The van der Waals surface area contributed by atoms with Gasteiger partial charge >= 0.3 is 0 Å². The monoisotopic (exact) mass is 282 g/mol. The number of ether oxygens (including phenoxy) is 1. The molecule has 1 aromatic heterocycles. The second-order valence-corrected chi connectivity index (χ2v) is 5.36. The maximum absolute atomic E-state index is 11.1. The van der Waals surface area contributed by atoms with Crippen LogP contribution in [0, 0.1) is 0 Å². The molecule has 102 valence electrons. The van der Waals surface area contributed by atoms with E-state index in [1.165, 1.54) is 18.5 Å².